The molecule has 3 aliphatic heterocycles. The molecule has 0 aliphatic carbocycles. The lowest BCUT2D eigenvalue weighted by atomic mass is 9.66. The van der Waals surface area contributed by atoms with E-state index in [0.717, 1.165) is 12.8 Å². The van der Waals surface area contributed by atoms with Crippen molar-refractivity contribution >= 4 is 17.8 Å². The fourth-order valence-corrected chi connectivity index (χ4v) is 5.90. The highest BCUT2D eigenvalue weighted by Crippen LogP contribution is 2.63. The van der Waals surface area contributed by atoms with Crippen molar-refractivity contribution in [1.29, 1.82) is 0 Å². The average Bonchev–Trinajstić information content (AvgIpc) is 3.36. The number of unbranched alkanes of at least 4 members (excludes halogenated alkanes) is 2. The summed E-state index contributed by atoms with van der Waals surface area (Å²) in [5, 5.41) is 9.25. The van der Waals surface area contributed by atoms with Crippen LogP contribution >= 0.6 is 0 Å². The Balaban J connectivity index is 2.00. The number of likely N-dealkylation sites (tertiary alicyclic amines) is 1. The maximum atomic E-state index is 13.9. The van der Waals surface area contributed by atoms with E-state index < -0.39 is 35.0 Å². The quantitative estimate of drug-likeness (QED) is 0.256. The fraction of sp³-hybridized carbons (Fsp3) is 0.720. The van der Waals surface area contributed by atoms with Crippen molar-refractivity contribution < 1.29 is 29.0 Å². The van der Waals surface area contributed by atoms with Crippen molar-refractivity contribution in [3.05, 3.63) is 25.3 Å². The molecule has 2 unspecified atom stereocenters. The van der Waals surface area contributed by atoms with Gasteiger partial charge in [-0.05, 0) is 39.0 Å². The van der Waals surface area contributed by atoms with Gasteiger partial charge in [0, 0.05) is 26.2 Å². The molecular formula is C25H38N2O6. The Labute approximate surface area is 196 Å². The number of aliphatic hydroxyl groups excluding tert-OH is 1. The first kappa shape index (κ1) is 25.4. The van der Waals surface area contributed by atoms with Crippen LogP contribution in [0.25, 0.3) is 0 Å². The van der Waals surface area contributed by atoms with E-state index >= 15 is 0 Å². The predicted octanol–water partition coefficient (Wildman–Crippen LogP) is 2.07. The van der Waals surface area contributed by atoms with Crippen molar-refractivity contribution in [3.63, 3.8) is 0 Å². The van der Waals surface area contributed by atoms with E-state index in [4.69, 9.17) is 9.47 Å². The molecule has 5 atom stereocenters. The normalized spacial score (nSPS) is 32.0. The highest BCUT2D eigenvalue weighted by molar-refractivity contribution is 5.98. The molecule has 184 valence electrons. The molecule has 3 aliphatic rings. The van der Waals surface area contributed by atoms with Crippen LogP contribution in [0.5, 0.6) is 0 Å². The van der Waals surface area contributed by atoms with Crippen LogP contribution in [-0.4, -0.2) is 82.8 Å². The maximum absolute atomic E-state index is 13.9. The molecule has 1 spiro atoms. The van der Waals surface area contributed by atoms with E-state index in [0.29, 0.717) is 45.3 Å². The van der Waals surface area contributed by atoms with E-state index in [2.05, 4.69) is 20.1 Å². The van der Waals surface area contributed by atoms with Crippen LogP contribution in [0.4, 0.5) is 0 Å². The standard InChI is InChI=1S/C25H38N2O6/c1-5-8-14-26(13-6-2)22(30)20-25-12-11-24(4,33-25)19(23(31)32-17-7-3)18(25)21(29)27(20)15-9-10-16-28/h6-7,18-20,28H,2-3,5,8-17H2,1,4H3/t18-,19+,20?,24-,25?/m0/s1. The summed E-state index contributed by atoms with van der Waals surface area (Å²) in [5.74, 6) is -2.39. The van der Waals surface area contributed by atoms with Crippen LogP contribution in [0.1, 0.15) is 52.4 Å². The Bertz CT molecular complexity index is 785. The maximum Gasteiger partial charge on any atom is 0.313 e. The molecule has 2 bridgehead atoms. The van der Waals surface area contributed by atoms with Crippen LogP contribution in [0.2, 0.25) is 0 Å². The molecule has 8 heteroatoms. The van der Waals surface area contributed by atoms with Gasteiger partial charge in [-0.15, -0.1) is 6.58 Å². The van der Waals surface area contributed by atoms with Gasteiger partial charge in [0.25, 0.3) is 0 Å². The minimum absolute atomic E-state index is 0.0133. The second-order valence-electron chi connectivity index (χ2n) is 9.54. The van der Waals surface area contributed by atoms with Gasteiger partial charge in [0.15, 0.2) is 0 Å². The summed E-state index contributed by atoms with van der Waals surface area (Å²) in [4.78, 5) is 44.1. The van der Waals surface area contributed by atoms with Gasteiger partial charge < -0.3 is 24.4 Å². The summed E-state index contributed by atoms with van der Waals surface area (Å²) >= 11 is 0. The number of amides is 2. The summed E-state index contributed by atoms with van der Waals surface area (Å²) in [5.41, 5.74) is -1.90. The molecule has 3 heterocycles. The molecule has 0 aromatic rings. The Morgan fingerprint density at radius 3 is 2.67 bits per heavy atom. The van der Waals surface area contributed by atoms with Crippen LogP contribution in [0, 0.1) is 11.8 Å². The molecule has 0 aromatic heterocycles. The molecule has 8 nitrogen and oxygen atoms in total. The third-order valence-electron chi connectivity index (χ3n) is 7.36. The Morgan fingerprint density at radius 1 is 1.27 bits per heavy atom. The third kappa shape index (κ3) is 4.35. The van der Waals surface area contributed by atoms with Crippen molar-refractivity contribution in [2.24, 2.45) is 11.8 Å². The lowest BCUT2D eigenvalue weighted by Crippen LogP contribution is -2.56. The summed E-state index contributed by atoms with van der Waals surface area (Å²) in [6, 6.07) is -0.801. The van der Waals surface area contributed by atoms with Gasteiger partial charge in [0.2, 0.25) is 11.8 Å². The summed E-state index contributed by atoms with van der Waals surface area (Å²) in [6.45, 7) is 12.7. The number of carbonyl (C=O) groups is 3. The van der Waals surface area contributed by atoms with Gasteiger partial charge in [0.1, 0.15) is 24.2 Å². The molecule has 3 fully saturated rings. The molecule has 3 rings (SSSR count). The number of carbonyl (C=O) groups excluding carboxylic acids is 3. The number of nitrogens with zero attached hydrogens (tertiary/aromatic N) is 2. The lowest BCUT2D eigenvalue weighted by molar-refractivity contribution is -0.159. The Morgan fingerprint density at radius 2 is 2.03 bits per heavy atom. The number of hydrogen-bond donors (Lipinski definition) is 1. The lowest BCUT2D eigenvalue weighted by Gasteiger charge is -2.36. The molecule has 3 saturated heterocycles. The zero-order valence-corrected chi connectivity index (χ0v) is 20.0. The molecule has 1 N–H and O–H groups in total. The number of fused-ring (bicyclic) bond motifs is 1. The van der Waals surface area contributed by atoms with Crippen molar-refractivity contribution in [3.8, 4) is 0 Å². The van der Waals surface area contributed by atoms with Crippen LogP contribution in [0.3, 0.4) is 0 Å². The summed E-state index contributed by atoms with van der Waals surface area (Å²) < 4.78 is 11.9. The van der Waals surface area contributed by atoms with Crippen molar-refractivity contribution in [2.45, 2.75) is 69.6 Å². The Kier molecular flexibility index (Phi) is 8.00. The van der Waals surface area contributed by atoms with Crippen molar-refractivity contribution in [1.82, 2.24) is 9.80 Å². The first-order valence-electron chi connectivity index (χ1n) is 12.1. The first-order valence-corrected chi connectivity index (χ1v) is 12.1. The van der Waals surface area contributed by atoms with Gasteiger partial charge >= 0.3 is 5.97 Å². The van der Waals surface area contributed by atoms with Gasteiger partial charge in [-0.1, -0.05) is 32.1 Å². The molecule has 0 aromatic carbocycles. The van der Waals surface area contributed by atoms with Crippen molar-refractivity contribution in [2.75, 3.05) is 32.8 Å². The first-order chi connectivity index (χ1) is 15.8. The zero-order valence-electron chi connectivity index (χ0n) is 20.0. The molecular weight excluding hydrogens is 424 g/mol. The van der Waals surface area contributed by atoms with Crippen LogP contribution < -0.4 is 0 Å². The SMILES string of the molecule is C=CCOC(=O)[C@H]1[C@H]2C(=O)N(CCCCO)C(C(=O)N(CC=C)CCCC)C23CC[C@]1(C)O3. The Hall–Kier alpha value is -2.19. The highest BCUT2D eigenvalue weighted by Gasteiger charge is 2.78. The predicted molar refractivity (Wildman–Crippen MR) is 123 cm³/mol. The van der Waals surface area contributed by atoms with Crippen LogP contribution in [0.15, 0.2) is 25.3 Å². The number of ether oxygens (including phenoxy) is 2. The molecule has 0 radical (unpaired) electrons. The largest absolute Gasteiger partial charge is 0.461 e. The third-order valence-corrected chi connectivity index (χ3v) is 7.36. The van der Waals surface area contributed by atoms with E-state index in [-0.39, 0.29) is 25.0 Å². The number of hydrogen-bond acceptors (Lipinski definition) is 6. The van der Waals surface area contributed by atoms with E-state index in [1.807, 2.05) is 6.92 Å². The van der Waals surface area contributed by atoms with Gasteiger partial charge in [-0.25, -0.2) is 0 Å². The summed E-state index contributed by atoms with van der Waals surface area (Å²) in [7, 11) is 0. The zero-order chi connectivity index (χ0) is 24.2. The second-order valence-corrected chi connectivity index (χ2v) is 9.54. The second kappa shape index (κ2) is 10.4. The van der Waals surface area contributed by atoms with E-state index in [1.165, 1.54) is 6.08 Å². The van der Waals surface area contributed by atoms with Gasteiger partial charge in [0.05, 0.1) is 11.5 Å². The van der Waals surface area contributed by atoms with Crippen LogP contribution in [-0.2, 0) is 23.9 Å². The van der Waals surface area contributed by atoms with Gasteiger partial charge in [-0.2, -0.15) is 0 Å². The number of aliphatic hydroxyl groups is 1. The number of esters is 1. The smallest absolute Gasteiger partial charge is 0.313 e. The number of rotatable bonds is 13. The topological polar surface area (TPSA) is 96.4 Å². The monoisotopic (exact) mass is 462 g/mol. The van der Waals surface area contributed by atoms with E-state index in [1.54, 1.807) is 15.9 Å². The summed E-state index contributed by atoms with van der Waals surface area (Å²) in [6.07, 6.45) is 7.17. The molecule has 33 heavy (non-hydrogen) atoms. The van der Waals surface area contributed by atoms with Gasteiger partial charge in [-0.3, -0.25) is 14.4 Å². The minimum atomic E-state index is -1.05. The molecule has 2 amide bonds. The average molecular weight is 463 g/mol. The minimum Gasteiger partial charge on any atom is -0.461 e. The molecule has 0 saturated carbocycles. The fourth-order valence-electron chi connectivity index (χ4n) is 5.90. The van der Waals surface area contributed by atoms with E-state index in [9.17, 15) is 19.5 Å². The highest BCUT2D eigenvalue weighted by atomic mass is 16.6.